The molecule has 1 unspecified atom stereocenters. The zero-order valence-electron chi connectivity index (χ0n) is 22.9. The van der Waals surface area contributed by atoms with Gasteiger partial charge in [0.1, 0.15) is 11.3 Å². The Labute approximate surface area is 232 Å². The van der Waals surface area contributed by atoms with Gasteiger partial charge in [0.05, 0.1) is 17.9 Å². The minimum atomic E-state index is -1.35. The lowest BCUT2D eigenvalue weighted by Gasteiger charge is -2.29. The molecule has 8 heteroatoms. The third-order valence-corrected chi connectivity index (χ3v) is 7.47. The van der Waals surface area contributed by atoms with E-state index in [1.54, 1.807) is 7.05 Å². The Morgan fingerprint density at radius 3 is 2.54 bits per heavy atom. The topological polar surface area (TPSA) is 82.7 Å². The molecule has 4 aromatic rings. The second-order valence-corrected chi connectivity index (χ2v) is 11.5. The first-order valence-corrected chi connectivity index (χ1v) is 13.5. The van der Waals surface area contributed by atoms with Crippen molar-refractivity contribution in [2.24, 2.45) is 7.05 Å². The van der Waals surface area contributed by atoms with Gasteiger partial charge in [0.25, 0.3) is 5.56 Å². The zero-order chi connectivity index (χ0) is 28.1. The number of ether oxygens (including phenoxy) is 2. The highest BCUT2D eigenvalue weighted by atomic mass is 35.5. The highest BCUT2D eigenvalue weighted by Gasteiger charge is 2.34. The van der Waals surface area contributed by atoms with Gasteiger partial charge in [-0.05, 0) is 87.1 Å². The predicted molar refractivity (Wildman–Crippen MR) is 153 cm³/mol. The standard InChI is InChI=1S/C31H33ClN2O5/c1-18-21-7-6-16-38-24(21)13-12-22(18)25-23-14-15-34(17-19-8-10-20(32)11-9-19)26(23)29(35)33(5)27(25)28(30(36)37)39-31(2,3)4/h8-15,28H,6-7,16-17H2,1-5H3,(H,36,37). The molecule has 0 fully saturated rings. The first-order chi connectivity index (χ1) is 18.5. The number of carbonyl (C=O) groups is 1. The average Bonchev–Trinajstić information content (AvgIpc) is 3.30. The summed E-state index contributed by atoms with van der Waals surface area (Å²) in [6.07, 6.45) is 2.31. The number of aromatic nitrogens is 2. The van der Waals surface area contributed by atoms with Gasteiger partial charge in [-0.1, -0.05) is 29.8 Å². The zero-order valence-corrected chi connectivity index (χ0v) is 23.6. The summed E-state index contributed by atoms with van der Waals surface area (Å²) >= 11 is 6.08. The lowest BCUT2D eigenvalue weighted by Crippen LogP contribution is -2.33. The maximum atomic E-state index is 13.9. The van der Waals surface area contributed by atoms with Crippen LogP contribution in [0.3, 0.4) is 0 Å². The van der Waals surface area contributed by atoms with Crippen LogP contribution in [0.25, 0.3) is 22.0 Å². The molecular weight excluding hydrogens is 516 g/mol. The summed E-state index contributed by atoms with van der Waals surface area (Å²) in [6, 6.07) is 13.3. The molecule has 0 aliphatic carbocycles. The van der Waals surface area contributed by atoms with E-state index in [9.17, 15) is 14.7 Å². The van der Waals surface area contributed by atoms with Crippen molar-refractivity contribution in [3.05, 3.63) is 86.4 Å². The van der Waals surface area contributed by atoms with Gasteiger partial charge in [-0.2, -0.15) is 0 Å². The van der Waals surface area contributed by atoms with Gasteiger partial charge in [0.15, 0.2) is 6.10 Å². The van der Waals surface area contributed by atoms with E-state index in [0.717, 1.165) is 40.8 Å². The second kappa shape index (κ2) is 10.2. The largest absolute Gasteiger partial charge is 0.493 e. The number of nitrogens with zero attached hydrogens (tertiary/aromatic N) is 2. The maximum Gasteiger partial charge on any atom is 0.339 e. The number of pyridine rings is 1. The normalized spacial score (nSPS) is 14.2. The van der Waals surface area contributed by atoms with Crippen molar-refractivity contribution in [1.82, 2.24) is 9.13 Å². The summed E-state index contributed by atoms with van der Waals surface area (Å²) in [5.74, 6) is -0.300. The minimum absolute atomic E-state index is 0.287. The molecule has 7 nitrogen and oxygen atoms in total. The van der Waals surface area contributed by atoms with Gasteiger partial charge in [-0.3, -0.25) is 4.79 Å². The average molecular weight is 549 g/mol. The molecule has 1 atom stereocenters. The minimum Gasteiger partial charge on any atom is -0.493 e. The SMILES string of the molecule is Cc1c(-c2c(C(OC(C)(C)C)C(=O)O)n(C)c(=O)c3c2ccn3Cc2ccc(Cl)cc2)ccc2c1CCCO2. The van der Waals surface area contributed by atoms with Crippen LogP contribution >= 0.6 is 11.6 Å². The molecule has 3 heterocycles. The highest BCUT2D eigenvalue weighted by Crippen LogP contribution is 2.42. The summed E-state index contributed by atoms with van der Waals surface area (Å²) < 4.78 is 15.3. The number of rotatable bonds is 6. The monoisotopic (exact) mass is 548 g/mol. The quantitative estimate of drug-likeness (QED) is 0.306. The number of halogens is 1. The summed E-state index contributed by atoms with van der Waals surface area (Å²) in [7, 11) is 1.62. The number of aliphatic carboxylic acids is 1. The van der Waals surface area contributed by atoms with Crippen molar-refractivity contribution in [1.29, 1.82) is 0 Å². The van der Waals surface area contributed by atoms with Crippen LogP contribution in [0.5, 0.6) is 5.75 Å². The van der Waals surface area contributed by atoms with Crippen molar-refractivity contribution in [3.63, 3.8) is 0 Å². The maximum absolute atomic E-state index is 13.9. The van der Waals surface area contributed by atoms with Gasteiger partial charge in [-0.25, -0.2) is 4.79 Å². The fourth-order valence-corrected chi connectivity index (χ4v) is 5.58. The molecule has 0 amide bonds. The van der Waals surface area contributed by atoms with Crippen LogP contribution in [0, 0.1) is 6.92 Å². The van der Waals surface area contributed by atoms with Crippen LogP contribution in [0.2, 0.25) is 5.02 Å². The summed E-state index contributed by atoms with van der Waals surface area (Å²) in [4.78, 5) is 26.6. The molecule has 1 N–H and O–H groups in total. The molecule has 0 spiro atoms. The number of benzene rings is 2. The molecule has 2 aromatic heterocycles. The Kier molecular flexibility index (Phi) is 7.08. The Morgan fingerprint density at radius 1 is 1.15 bits per heavy atom. The number of fused-ring (bicyclic) bond motifs is 2. The van der Waals surface area contributed by atoms with Gasteiger partial charge in [-0.15, -0.1) is 0 Å². The van der Waals surface area contributed by atoms with Crippen LogP contribution in [-0.2, 0) is 29.5 Å². The molecule has 0 saturated carbocycles. The van der Waals surface area contributed by atoms with Crippen LogP contribution in [0.15, 0.2) is 53.5 Å². The Hall–Kier alpha value is -3.55. The fourth-order valence-electron chi connectivity index (χ4n) is 5.45. The molecular formula is C31H33ClN2O5. The first kappa shape index (κ1) is 27.0. The lowest BCUT2D eigenvalue weighted by molar-refractivity contribution is -0.161. The van der Waals surface area contributed by atoms with E-state index >= 15 is 0 Å². The molecule has 0 radical (unpaired) electrons. The summed E-state index contributed by atoms with van der Waals surface area (Å²) in [5, 5.41) is 11.7. The van der Waals surface area contributed by atoms with E-state index in [1.807, 2.05) is 80.9 Å². The first-order valence-electron chi connectivity index (χ1n) is 13.1. The van der Waals surface area contributed by atoms with Gasteiger partial charge in [0, 0.05) is 35.8 Å². The third-order valence-electron chi connectivity index (χ3n) is 7.22. The Morgan fingerprint density at radius 2 is 1.87 bits per heavy atom. The smallest absolute Gasteiger partial charge is 0.339 e. The van der Waals surface area contributed by atoms with Gasteiger partial charge < -0.3 is 23.7 Å². The van der Waals surface area contributed by atoms with Crippen LogP contribution < -0.4 is 10.3 Å². The predicted octanol–water partition coefficient (Wildman–Crippen LogP) is 6.28. The van der Waals surface area contributed by atoms with Crippen molar-refractivity contribution < 1.29 is 19.4 Å². The molecule has 1 aliphatic heterocycles. The van der Waals surface area contributed by atoms with E-state index in [1.165, 1.54) is 4.57 Å². The van der Waals surface area contributed by atoms with Crippen LogP contribution in [0.1, 0.15) is 55.7 Å². The number of hydrogen-bond donors (Lipinski definition) is 1. The van der Waals surface area contributed by atoms with Gasteiger partial charge in [0.2, 0.25) is 0 Å². The molecule has 204 valence electrons. The van der Waals surface area contributed by atoms with E-state index in [-0.39, 0.29) is 5.56 Å². The van der Waals surface area contributed by atoms with E-state index in [2.05, 4.69) is 0 Å². The van der Waals surface area contributed by atoms with E-state index < -0.39 is 17.7 Å². The molecule has 0 bridgehead atoms. The number of carboxylic acids is 1. The van der Waals surface area contributed by atoms with Crippen molar-refractivity contribution in [2.75, 3.05) is 6.61 Å². The molecule has 0 saturated heterocycles. The Bertz CT molecular complexity index is 1630. The highest BCUT2D eigenvalue weighted by molar-refractivity contribution is 6.30. The van der Waals surface area contributed by atoms with Crippen molar-refractivity contribution >= 4 is 28.5 Å². The third kappa shape index (κ3) is 5.09. The summed E-state index contributed by atoms with van der Waals surface area (Å²) in [6.45, 7) is 8.60. The van der Waals surface area contributed by atoms with Gasteiger partial charge >= 0.3 is 5.97 Å². The molecule has 2 aromatic carbocycles. The van der Waals surface area contributed by atoms with E-state index in [0.29, 0.717) is 40.3 Å². The molecule has 1 aliphatic rings. The fraction of sp³-hybridized carbons (Fsp3) is 0.355. The lowest BCUT2D eigenvalue weighted by atomic mass is 9.89. The van der Waals surface area contributed by atoms with E-state index in [4.69, 9.17) is 21.1 Å². The van der Waals surface area contributed by atoms with Crippen molar-refractivity contribution in [2.45, 2.75) is 58.8 Å². The molecule has 39 heavy (non-hydrogen) atoms. The van der Waals surface area contributed by atoms with Crippen molar-refractivity contribution in [3.8, 4) is 16.9 Å². The second-order valence-electron chi connectivity index (χ2n) is 11.1. The number of hydrogen-bond acceptors (Lipinski definition) is 4. The Balaban J connectivity index is 1.82. The number of carboxylic acid groups (broad SMARTS) is 1. The van der Waals surface area contributed by atoms with Crippen LogP contribution in [0.4, 0.5) is 0 Å². The van der Waals surface area contributed by atoms with Crippen LogP contribution in [-0.4, -0.2) is 32.4 Å². The molecule has 5 rings (SSSR count). The summed E-state index contributed by atoms with van der Waals surface area (Å²) in [5.41, 5.74) is 4.43.